The van der Waals surface area contributed by atoms with E-state index in [0.29, 0.717) is 11.4 Å². The average molecular weight is 170 g/mol. The second kappa shape index (κ2) is 3.39. The van der Waals surface area contributed by atoms with Gasteiger partial charge in [0.25, 0.3) is 0 Å². The largest absolute Gasteiger partial charge is 0.328 e. The molecule has 58 valence electrons. The molecule has 0 aliphatic heterocycles. The number of rotatable bonds is 2. The molecule has 11 heavy (non-hydrogen) atoms. The van der Waals surface area contributed by atoms with Gasteiger partial charge in [-0.25, -0.2) is 0 Å². The van der Waals surface area contributed by atoms with E-state index in [4.69, 9.17) is 11.6 Å². The smallest absolute Gasteiger partial charge is 0.211 e. The minimum Gasteiger partial charge on any atom is -0.328 e. The number of benzene rings is 1. The molecule has 1 amide bonds. The maximum absolute atomic E-state index is 10.1. The molecule has 0 aliphatic rings. The van der Waals surface area contributed by atoms with E-state index in [1.54, 1.807) is 18.2 Å². The first-order valence-electron chi connectivity index (χ1n) is 3.20. The Bertz CT molecular complexity index is 273. The van der Waals surface area contributed by atoms with Crippen LogP contribution in [0.25, 0.3) is 0 Å². The Hall–Kier alpha value is -1.02. The molecule has 0 bridgehead atoms. The zero-order valence-electron chi connectivity index (χ0n) is 6.10. The zero-order chi connectivity index (χ0) is 8.27. The molecule has 0 saturated heterocycles. The summed E-state index contributed by atoms with van der Waals surface area (Å²) < 4.78 is 0. The van der Waals surface area contributed by atoms with Gasteiger partial charge in [0.15, 0.2) is 0 Å². The lowest BCUT2D eigenvalue weighted by atomic mass is 10.2. The summed E-state index contributed by atoms with van der Waals surface area (Å²) in [6.07, 6.45) is 0.649. The van der Waals surface area contributed by atoms with E-state index in [9.17, 15) is 4.79 Å². The van der Waals surface area contributed by atoms with Gasteiger partial charge in [-0.15, -0.1) is 0 Å². The van der Waals surface area contributed by atoms with Gasteiger partial charge in [-0.1, -0.05) is 11.6 Å². The first-order chi connectivity index (χ1) is 5.24. The molecule has 0 atom stereocenters. The summed E-state index contributed by atoms with van der Waals surface area (Å²) in [4.78, 5) is 10.1. The standard InChI is InChI=1S/C8H8ClNO/c1-6-4-7(9)2-3-8(6)10-5-11/h2-5H,1H3,(H,10,11). The number of carbonyl (C=O) groups is 1. The molecule has 0 saturated carbocycles. The molecular formula is C8H8ClNO. The summed E-state index contributed by atoms with van der Waals surface area (Å²) in [5.41, 5.74) is 1.76. The number of hydrogen-bond acceptors (Lipinski definition) is 1. The van der Waals surface area contributed by atoms with Gasteiger partial charge in [-0.05, 0) is 30.7 Å². The van der Waals surface area contributed by atoms with Crippen LogP contribution in [0.4, 0.5) is 5.69 Å². The normalized spacial score (nSPS) is 9.27. The summed E-state index contributed by atoms with van der Waals surface area (Å²) >= 11 is 5.70. The number of nitrogens with one attached hydrogen (secondary N) is 1. The fourth-order valence-corrected chi connectivity index (χ4v) is 1.08. The molecule has 0 fully saturated rings. The predicted molar refractivity (Wildman–Crippen MR) is 45.9 cm³/mol. The number of anilines is 1. The summed E-state index contributed by atoms with van der Waals surface area (Å²) in [6.45, 7) is 1.89. The second-order valence-corrected chi connectivity index (χ2v) is 2.66. The Labute approximate surface area is 70.2 Å². The number of halogens is 1. The maximum Gasteiger partial charge on any atom is 0.211 e. The van der Waals surface area contributed by atoms with Crippen molar-refractivity contribution in [1.82, 2.24) is 0 Å². The van der Waals surface area contributed by atoms with Crippen LogP contribution in [0, 0.1) is 6.92 Å². The van der Waals surface area contributed by atoms with Gasteiger partial charge in [0.05, 0.1) is 0 Å². The van der Waals surface area contributed by atoms with Gasteiger partial charge in [0.1, 0.15) is 0 Å². The molecule has 0 heterocycles. The van der Waals surface area contributed by atoms with Crippen molar-refractivity contribution in [3.8, 4) is 0 Å². The van der Waals surface area contributed by atoms with Crippen molar-refractivity contribution in [2.45, 2.75) is 6.92 Å². The highest BCUT2D eigenvalue weighted by Crippen LogP contribution is 2.18. The number of carbonyl (C=O) groups excluding carboxylic acids is 1. The second-order valence-electron chi connectivity index (χ2n) is 2.22. The van der Waals surface area contributed by atoms with Crippen LogP contribution in [0.15, 0.2) is 18.2 Å². The molecule has 0 radical (unpaired) electrons. The van der Waals surface area contributed by atoms with Crippen molar-refractivity contribution in [3.63, 3.8) is 0 Å². The first kappa shape index (κ1) is 8.08. The summed E-state index contributed by atoms with van der Waals surface area (Å²) in [5, 5.41) is 3.24. The van der Waals surface area contributed by atoms with Crippen LogP contribution < -0.4 is 5.32 Å². The first-order valence-corrected chi connectivity index (χ1v) is 3.58. The van der Waals surface area contributed by atoms with E-state index in [1.807, 2.05) is 6.92 Å². The number of aryl methyl sites for hydroxylation is 1. The Balaban J connectivity index is 2.98. The monoisotopic (exact) mass is 169 g/mol. The lowest BCUT2D eigenvalue weighted by Gasteiger charge is -2.02. The van der Waals surface area contributed by atoms with Crippen molar-refractivity contribution < 1.29 is 4.79 Å². The Kier molecular flexibility index (Phi) is 2.49. The third-order valence-corrected chi connectivity index (χ3v) is 1.64. The Morgan fingerprint density at radius 3 is 2.82 bits per heavy atom. The Morgan fingerprint density at radius 2 is 2.27 bits per heavy atom. The van der Waals surface area contributed by atoms with Crippen LogP contribution in [0.5, 0.6) is 0 Å². The van der Waals surface area contributed by atoms with Crippen molar-refractivity contribution in [2.75, 3.05) is 5.32 Å². The van der Waals surface area contributed by atoms with Crippen LogP contribution in [0.2, 0.25) is 5.02 Å². The van der Waals surface area contributed by atoms with E-state index in [1.165, 1.54) is 0 Å². The predicted octanol–water partition coefficient (Wildman–Crippen LogP) is 2.22. The molecule has 1 N–H and O–H groups in total. The van der Waals surface area contributed by atoms with Crippen molar-refractivity contribution >= 4 is 23.7 Å². The molecule has 1 aromatic carbocycles. The van der Waals surface area contributed by atoms with Gasteiger partial charge < -0.3 is 5.32 Å². The fourth-order valence-electron chi connectivity index (χ4n) is 0.853. The highest BCUT2D eigenvalue weighted by atomic mass is 35.5. The lowest BCUT2D eigenvalue weighted by molar-refractivity contribution is -0.105. The highest BCUT2D eigenvalue weighted by Gasteiger charge is 1.95. The quantitative estimate of drug-likeness (QED) is 0.676. The Morgan fingerprint density at radius 1 is 1.55 bits per heavy atom. The minimum atomic E-state index is 0.649. The van der Waals surface area contributed by atoms with Gasteiger partial charge in [0.2, 0.25) is 6.41 Å². The van der Waals surface area contributed by atoms with Gasteiger partial charge in [0, 0.05) is 10.7 Å². The van der Waals surface area contributed by atoms with Crippen LogP contribution in [-0.2, 0) is 4.79 Å². The van der Waals surface area contributed by atoms with E-state index < -0.39 is 0 Å². The minimum absolute atomic E-state index is 0.649. The molecule has 1 rings (SSSR count). The average Bonchev–Trinajstić information content (AvgIpc) is 1.95. The van der Waals surface area contributed by atoms with E-state index >= 15 is 0 Å². The molecule has 1 aromatic rings. The molecule has 0 aromatic heterocycles. The summed E-state index contributed by atoms with van der Waals surface area (Å²) in [6, 6.07) is 5.31. The van der Waals surface area contributed by atoms with Gasteiger partial charge >= 0.3 is 0 Å². The van der Waals surface area contributed by atoms with Crippen molar-refractivity contribution in [3.05, 3.63) is 28.8 Å². The van der Waals surface area contributed by atoms with Crippen molar-refractivity contribution in [1.29, 1.82) is 0 Å². The maximum atomic E-state index is 10.1. The van der Waals surface area contributed by atoms with Crippen LogP contribution in [0.3, 0.4) is 0 Å². The van der Waals surface area contributed by atoms with Crippen LogP contribution >= 0.6 is 11.6 Å². The zero-order valence-corrected chi connectivity index (χ0v) is 6.85. The SMILES string of the molecule is Cc1cc(Cl)ccc1NC=O. The molecule has 3 heteroatoms. The van der Waals surface area contributed by atoms with Crippen LogP contribution in [0.1, 0.15) is 5.56 Å². The van der Waals surface area contributed by atoms with E-state index in [-0.39, 0.29) is 0 Å². The molecule has 0 unspecified atom stereocenters. The third-order valence-electron chi connectivity index (χ3n) is 1.40. The molecule has 2 nitrogen and oxygen atoms in total. The van der Waals surface area contributed by atoms with E-state index in [2.05, 4.69) is 5.32 Å². The number of hydrogen-bond donors (Lipinski definition) is 1. The molecule has 0 spiro atoms. The van der Waals surface area contributed by atoms with Crippen molar-refractivity contribution in [2.24, 2.45) is 0 Å². The molecule has 0 aliphatic carbocycles. The molecular weight excluding hydrogens is 162 g/mol. The van der Waals surface area contributed by atoms with E-state index in [0.717, 1.165) is 11.3 Å². The summed E-state index contributed by atoms with van der Waals surface area (Å²) in [5.74, 6) is 0. The topological polar surface area (TPSA) is 29.1 Å². The highest BCUT2D eigenvalue weighted by molar-refractivity contribution is 6.30. The lowest BCUT2D eigenvalue weighted by Crippen LogP contribution is -1.95. The van der Waals surface area contributed by atoms with Crippen LogP contribution in [-0.4, -0.2) is 6.41 Å². The third kappa shape index (κ3) is 1.95. The van der Waals surface area contributed by atoms with Gasteiger partial charge in [-0.3, -0.25) is 4.79 Å². The summed E-state index contributed by atoms with van der Waals surface area (Å²) in [7, 11) is 0. The number of amides is 1. The van der Waals surface area contributed by atoms with Gasteiger partial charge in [-0.2, -0.15) is 0 Å². The fraction of sp³-hybridized carbons (Fsp3) is 0.125.